The maximum atomic E-state index is 11.5. The molecule has 0 fully saturated rings. The van der Waals surface area contributed by atoms with Gasteiger partial charge in [-0.15, -0.1) is 0 Å². The van der Waals surface area contributed by atoms with Gasteiger partial charge in [0.25, 0.3) is 0 Å². The zero-order chi connectivity index (χ0) is 17.9. The number of nitrogens with one attached hydrogen (secondary N) is 1. The van der Waals surface area contributed by atoms with Gasteiger partial charge in [0.05, 0.1) is 5.75 Å². The predicted octanol–water partition coefficient (Wildman–Crippen LogP) is 4.24. The average Bonchev–Trinajstić information content (AvgIpc) is 2.55. The number of unbranched alkanes of at least 4 members (excludes halogenated alkanes) is 11. The SMILES string of the molecule is CCCCCCCCCCCCCCSCC(=O)NC(O)CCO. The first kappa shape index (κ1) is 23.7. The quantitative estimate of drug-likeness (QED) is 0.252. The summed E-state index contributed by atoms with van der Waals surface area (Å²) in [6, 6.07) is 0. The molecule has 144 valence electrons. The molecule has 0 aliphatic carbocycles. The normalized spacial score (nSPS) is 12.3. The van der Waals surface area contributed by atoms with Gasteiger partial charge < -0.3 is 15.5 Å². The molecule has 1 atom stereocenters. The molecule has 0 aromatic carbocycles. The van der Waals surface area contributed by atoms with Crippen molar-refractivity contribution in [2.45, 2.75) is 96.6 Å². The molecule has 5 heteroatoms. The van der Waals surface area contributed by atoms with Crippen LogP contribution in [0.1, 0.15) is 90.4 Å². The van der Waals surface area contributed by atoms with E-state index >= 15 is 0 Å². The summed E-state index contributed by atoms with van der Waals surface area (Å²) in [6.45, 7) is 2.14. The summed E-state index contributed by atoms with van der Waals surface area (Å²) in [5, 5.41) is 20.4. The summed E-state index contributed by atoms with van der Waals surface area (Å²) < 4.78 is 0. The Morgan fingerprint density at radius 3 is 1.92 bits per heavy atom. The van der Waals surface area contributed by atoms with Gasteiger partial charge in [0.2, 0.25) is 5.91 Å². The van der Waals surface area contributed by atoms with E-state index in [1.165, 1.54) is 70.6 Å². The van der Waals surface area contributed by atoms with Crippen LogP contribution in [0.15, 0.2) is 0 Å². The Kier molecular flexibility index (Phi) is 18.9. The first-order valence-electron chi connectivity index (χ1n) is 9.86. The van der Waals surface area contributed by atoms with E-state index in [2.05, 4.69) is 12.2 Å². The molecule has 0 spiro atoms. The molecule has 0 saturated carbocycles. The zero-order valence-corrected chi connectivity index (χ0v) is 16.4. The van der Waals surface area contributed by atoms with Gasteiger partial charge in [-0.25, -0.2) is 0 Å². The minimum Gasteiger partial charge on any atom is -0.396 e. The number of aliphatic hydroxyl groups is 2. The van der Waals surface area contributed by atoms with Crippen LogP contribution >= 0.6 is 11.8 Å². The highest BCUT2D eigenvalue weighted by molar-refractivity contribution is 7.99. The number of hydrogen-bond acceptors (Lipinski definition) is 4. The second-order valence-electron chi connectivity index (χ2n) is 6.54. The maximum Gasteiger partial charge on any atom is 0.231 e. The van der Waals surface area contributed by atoms with Crippen molar-refractivity contribution in [1.29, 1.82) is 0 Å². The van der Waals surface area contributed by atoms with E-state index in [0.29, 0.717) is 5.75 Å². The van der Waals surface area contributed by atoms with Crippen LogP contribution in [-0.4, -0.2) is 40.5 Å². The Balaban J connectivity index is 3.16. The number of amides is 1. The van der Waals surface area contributed by atoms with Crippen molar-refractivity contribution >= 4 is 17.7 Å². The van der Waals surface area contributed by atoms with Gasteiger partial charge in [-0.1, -0.05) is 77.6 Å². The van der Waals surface area contributed by atoms with E-state index in [1.807, 2.05) is 0 Å². The van der Waals surface area contributed by atoms with Gasteiger partial charge in [0.1, 0.15) is 6.23 Å². The van der Waals surface area contributed by atoms with Crippen molar-refractivity contribution in [2.24, 2.45) is 0 Å². The van der Waals surface area contributed by atoms with Gasteiger partial charge in [0, 0.05) is 13.0 Å². The molecule has 0 radical (unpaired) electrons. The summed E-state index contributed by atoms with van der Waals surface area (Å²) in [7, 11) is 0. The van der Waals surface area contributed by atoms with Crippen molar-refractivity contribution in [3.05, 3.63) is 0 Å². The summed E-state index contributed by atoms with van der Waals surface area (Å²) in [5.41, 5.74) is 0. The molecule has 3 N–H and O–H groups in total. The molecule has 4 nitrogen and oxygen atoms in total. The summed E-state index contributed by atoms with van der Waals surface area (Å²) in [6.07, 6.45) is 15.4. The lowest BCUT2D eigenvalue weighted by atomic mass is 10.1. The van der Waals surface area contributed by atoms with Gasteiger partial charge in [0.15, 0.2) is 0 Å². The molecule has 0 saturated heterocycles. The van der Waals surface area contributed by atoms with E-state index < -0.39 is 6.23 Å². The van der Waals surface area contributed by atoms with Crippen LogP contribution in [0, 0.1) is 0 Å². The van der Waals surface area contributed by atoms with E-state index in [1.54, 1.807) is 11.8 Å². The molecule has 1 unspecified atom stereocenters. The molecule has 0 heterocycles. The van der Waals surface area contributed by atoms with Crippen LogP contribution in [0.25, 0.3) is 0 Å². The largest absolute Gasteiger partial charge is 0.396 e. The fourth-order valence-corrected chi connectivity index (χ4v) is 3.45. The molecule has 0 rings (SSSR count). The number of carbonyl (C=O) groups excluding carboxylic acids is 1. The highest BCUT2D eigenvalue weighted by Crippen LogP contribution is 2.13. The maximum absolute atomic E-state index is 11.5. The van der Waals surface area contributed by atoms with E-state index in [-0.39, 0.29) is 18.9 Å². The van der Waals surface area contributed by atoms with E-state index in [9.17, 15) is 9.90 Å². The first-order chi connectivity index (χ1) is 11.7. The minimum atomic E-state index is -0.922. The monoisotopic (exact) mass is 361 g/mol. The number of carbonyl (C=O) groups is 1. The Morgan fingerprint density at radius 2 is 1.42 bits per heavy atom. The predicted molar refractivity (Wildman–Crippen MR) is 104 cm³/mol. The van der Waals surface area contributed by atoms with Crippen LogP contribution in [0.4, 0.5) is 0 Å². The molecular weight excluding hydrogens is 322 g/mol. The van der Waals surface area contributed by atoms with Crippen LogP contribution in [0.2, 0.25) is 0 Å². The smallest absolute Gasteiger partial charge is 0.231 e. The number of thioether (sulfide) groups is 1. The van der Waals surface area contributed by atoms with Crippen molar-refractivity contribution in [1.82, 2.24) is 5.32 Å². The van der Waals surface area contributed by atoms with Crippen molar-refractivity contribution in [2.75, 3.05) is 18.1 Å². The van der Waals surface area contributed by atoms with Gasteiger partial charge in [-0.05, 0) is 12.2 Å². The Morgan fingerprint density at radius 1 is 0.917 bits per heavy atom. The lowest BCUT2D eigenvalue weighted by Gasteiger charge is -2.10. The first-order valence-corrected chi connectivity index (χ1v) is 11.0. The average molecular weight is 362 g/mol. The standard InChI is InChI=1S/C19H39NO3S/c1-2-3-4-5-6-7-8-9-10-11-12-13-16-24-17-19(23)20-18(22)14-15-21/h18,21-22H,2-17H2,1H3,(H,20,23). The second kappa shape index (κ2) is 19.1. The third-order valence-electron chi connectivity index (χ3n) is 4.11. The molecule has 1 amide bonds. The highest BCUT2D eigenvalue weighted by Gasteiger charge is 2.07. The fraction of sp³-hybridized carbons (Fsp3) is 0.947. The van der Waals surface area contributed by atoms with Crippen molar-refractivity contribution in [3.8, 4) is 0 Å². The van der Waals surface area contributed by atoms with Crippen molar-refractivity contribution in [3.63, 3.8) is 0 Å². The minimum absolute atomic E-state index is 0.118. The Hall–Kier alpha value is -0.260. The molecule has 0 aromatic rings. The topological polar surface area (TPSA) is 69.6 Å². The van der Waals surface area contributed by atoms with Gasteiger partial charge in [-0.2, -0.15) is 11.8 Å². The molecular formula is C19H39NO3S. The van der Waals surface area contributed by atoms with E-state index in [4.69, 9.17) is 5.11 Å². The summed E-state index contributed by atoms with van der Waals surface area (Å²) in [5.74, 6) is 1.24. The molecule has 0 aliphatic rings. The second-order valence-corrected chi connectivity index (χ2v) is 7.64. The van der Waals surface area contributed by atoms with Crippen LogP contribution < -0.4 is 5.32 Å². The fourth-order valence-electron chi connectivity index (χ4n) is 2.63. The Labute approximate surface area is 153 Å². The lowest BCUT2D eigenvalue weighted by Crippen LogP contribution is -2.36. The number of aliphatic hydroxyl groups excluding tert-OH is 2. The lowest BCUT2D eigenvalue weighted by molar-refractivity contribution is -0.121. The molecule has 0 bridgehead atoms. The summed E-state index contributed by atoms with van der Waals surface area (Å²) >= 11 is 1.62. The van der Waals surface area contributed by atoms with Gasteiger partial charge in [-0.3, -0.25) is 4.79 Å². The van der Waals surface area contributed by atoms with Crippen LogP contribution in [-0.2, 0) is 4.79 Å². The Bertz CT molecular complexity index is 277. The molecule has 24 heavy (non-hydrogen) atoms. The number of rotatable bonds is 18. The zero-order valence-electron chi connectivity index (χ0n) is 15.6. The third-order valence-corrected chi connectivity index (χ3v) is 5.15. The summed E-state index contributed by atoms with van der Waals surface area (Å²) in [4.78, 5) is 11.5. The van der Waals surface area contributed by atoms with Crippen LogP contribution in [0.3, 0.4) is 0 Å². The molecule has 0 aromatic heterocycles. The van der Waals surface area contributed by atoms with Gasteiger partial charge >= 0.3 is 0 Å². The highest BCUT2D eigenvalue weighted by atomic mass is 32.2. The van der Waals surface area contributed by atoms with Crippen molar-refractivity contribution < 1.29 is 15.0 Å². The third kappa shape index (κ3) is 18.1. The number of hydrogen-bond donors (Lipinski definition) is 3. The van der Waals surface area contributed by atoms with E-state index in [0.717, 1.165) is 12.2 Å². The molecule has 0 aliphatic heterocycles. The van der Waals surface area contributed by atoms with Crippen LogP contribution in [0.5, 0.6) is 0 Å².